The highest BCUT2D eigenvalue weighted by atomic mass is 127. The Morgan fingerprint density at radius 3 is 2.44 bits per heavy atom. The van der Waals surface area contributed by atoms with Gasteiger partial charge in [-0.3, -0.25) is 0 Å². The Bertz CT molecular complexity index is 167. The van der Waals surface area contributed by atoms with E-state index in [1.807, 2.05) is 6.92 Å². The van der Waals surface area contributed by atoms with Gasteiger partial charge in [0.15, 0.2) is 3.63 Å². The number of aliphatic imine (C=N–C) groups is 1. The van der Waals surface area contributed by atoms with Crippen molar-refractivity contribution in [3.63, 3.8) is 0 Å². The molecule has 0 bridgehead atoms. The van der Waals surface area contributed by atoms with Gasteiger partial charge in [0.2, 0.25) is 0 Å². The Morgan fingerprint density at radius 1 is 1.33 bits per heavy atom. The van der Waals surface area contributed by atoms with Crippen LogP contribution in [0.3, 0.4) is 0 Å². The third-order valence-electron chi connectivity index (χ3n) is 0.953. The van der Waals surface area contributed by atoms with Gasteiger partial charge in [-0.15, -0.1) is 0 Å². The fraction of sp³-hybridized carbons (Fsp3) is 0.500. The van der Waals surface area contributed by atoms with Crippen molar-refractivity contribution in [3.05, 3.63) is 0 Å². The number of nitrogens with one attached hydrogen (secondary N) is 1. The highest BCUT2D eigenvalue weighted by Gasteiger charge is 2.06. The van der Waals surface area contributed by atoms with Gasteiger partial charge in [-0.25, -0.2) is 4.99 Å². The molecule has 1 aliphatic rings. The predicted octanol–water partition coefficient (Wildman–Crippen LogP) is 0.0379. The second-order valence-electron chi connectivity index (χ2n) is 1.95. The summed E-state index contributed by atoms with van der Waals surface area (Å²) in [6.07, 6.45) is 0. The van der Waals surface area contributed by atoms with Gasteiger partial charge in [-0.2, -0.15) is 0 Å². The fourth-order valence-corrected chi connectivity index (χ4v) is 2.94. The minimum absolute atomic E-state index is 0.0967. The molecule has 0 saturated carbocycles. The summed E-state index contributed by atoms with van der Waals surface area (Å²) >= 11 is 0.0967. The minimum Gasteiger partial charge on any atom is -0.240 e. The second-order valence-corrected chi connectivity index (χ2v) is 5.67. The molecule has 50 valence electrons. The van der Waals surface area contributed by atoms with Crippen LogP contribution in [0.5, 0.6) is 0 Å². The van der Waals surface area contributed by atoms with Crippen LogP contribution < -0.4 is 4.99 Å². The average molecular weight is 237 g/mol. The molecule has 0 aromatic carbocycles. The van der Waals surface area contributed by atoms with E-state index in [1.165, 1.54) is 7.35 Å². The van der Waals surface area contributed by atoms with Crippen molar-refractivity contribution in [1.82, 2.24) is 0 Å². The minimum atomic E-state index is 0.0967. The Labute approximate surface area is 64.8 Å². The number of hydrogen-bond donors (Lipinski definition) is 1. The van der Waals surface area contributed by atoms with Crippen molar-refractivity contribution >= 4 is 33.9 Å². The van der Waals surface area contributed by atoms with Gasteiger partial charge >= 0.3 is 0 Å². The quantitative estimate of drug-likeness (QED) is 0.576. The number of hydrogen-bond acceptors (Lipinski definition) is 1. The van der Waals surface area contributed by atoms with Crippen LogP contribution in [0, 0.1) is 0 Å². The monoisotopic (exact) mass is 237 g/mol. The van der Waals surface area contributed by atoms with Crippen molar-refractivity contribution in [2.24, 2.45) is 4.99 Å². The van der Waals surface area contributed by atoms with E-state index in [4.69, 9.17) is 0 Å². The summed E-state index contributed by atoms with van der Waals surface area (Å²) in [6.45, 7) is 6.23. The van der Waals surface area contributed by atoms with Gasteiger partial charge in [0.25, 0.3) is 5.84 Å². The number of halogens is 1. The van der Waals surface area contributed by atoms with Crippen LogP contribution in [0.1, 0.15) is 20.8 Å². The topological polar surface area (TPSA) is 26.3 Å². The van der Waals surface area contributed by atoms with Crippen LogP contribution in [0.25, 0.3) is 0 Å². The Balaban J connectivity index is 2.98. The summed E-state index contributed by atoms with van der Waals surface area (Å²) in [4.78, 5) is 7.49. The van der Waals surface area contributed by atoms with Gasteiger partial charge in [-0.05, 0) is 4.99 Å². The molecule has 0 aliphatic carbocycles. The molecule has 0 saturated heterocycles. The predicted molar refractivity (Wildman–Crippen MR) is 49.5 cm³/mol. The lowest BCUT2D eigenvalue weighted by molar-refractivity contribution is -0.312. The van der Waals surface area contributed by atoms with Crippen LogP contribution >= 0.6 is 20.7 Å². The molecule has 1 aliphatic heterocycles. The van der Waals surface area contributed by atoms with Crippen LogP contribution in [-0.4, -0.2) is 13.2 Å². The Kier molecular flexibility index (Phi) is 2.10. The van der Waals surface area contributed by atoms with Crippen molar-refractivity contribution in [2.45, 2.75) is 20.8 Å². The van der Waals surface area contributed by atoms with Crippen LogP contribution in [0.2, 0.25) is 0 Å². The lowest BCUT2D eigenvalue weighted by Gasteiger charge is -1.92. The van der Waals surface area contributed by atoms with E-state index in [2.05, 4.69) is 23.8 Å². The highest BCUT2D eigenvalue weighted by molar-refractivity contribution is 14.2. The first-order valence-corrected chi connectivity index (χ1v) is 4.98. The van der Waals surface area contributed by atoms with Gasteiger partial charge in [-0.1, -0.05) is 0 Å². The van der Waals surface area contributed by atoms with E-state index < -0.39 is 0 Å². The zero-order valence-electron chi connectivity index (χ0n) is 5.83. The molecule has 1 rings (SSSR count). The maximum Gasteiger partial charge on any atom is 0.294 e. The first kappa shape index (κ1) is 7.05. The highest BCUT2D eigenvalue weighted by Crippen LogP contribution is 2.02. The molecule has 0 amide bonds. The molecular formula is C6H10IN2+. The molecular weight excluding hydrogens is 227 g/mol. The van der Waals surface area contributed by atoms with Crippen molar-refractivity contribution in [1.29, 1.82) is 0 Å². The second kappa shape index (κ2) is 2.68. The average Bonchev–Trinajstić information content (AvgIpc) is 1.59. The zero-order valence-corrected chi connectivity index (χ0v) is 7.98. The van der Waals surface area contributed by atoms with Gasteiger partial charge in [0.1, 0.15) is 3.72 Å². The summed E-state index contributed by atoms with van der Waals surface area (Å²) in [5.41, 5.74) is 0. The zero-order chi connectivity index (χ0) is 6.85. The molecule has 0 fully saturated rings. The number of amidine groups is 1. The molecule has 1 N–H and O–H groups in total. The largest absolute Gasteiger partial charge is 0.294 e. The standard InChI is InChI=1S/C6H9IN2/c1-4-7-5(2)9-6(3)8-4/h1-3H3/p+1. The third kappa shape index (κ3) is 1.97. The normalized spacial score (nSPS) is 19.2. The molecule has 1 heterocycles. The van der Waals surface area contributed by atoms with E-state index in [0.717, 1.165) is 5.84 Å². The molecule has 0 radical (unpaired) electrons. The summed E-state index contributed by atoms with van der Waals surface area (Å²) in [7, 11) is 0. The Hall–Kier alpha value is -0.0600. The summed E-state index contributed by atoms with van der Waals surface area (Å²) in [5, 5.41) is 0. The third-order valence-corrected chi connectivity index (χ3v) is 3.05. The maximum atomic E-state index is 4.28. The Morgan fingerprint density at radius 2 is 2.00 bits per heavy atom. The smallest absolute Gasteiger partial charge is 0.240 e. The van der Waals surface area contributed by atoms with Crippen molar-refractivity contribution in [3.8, 4) is 0 Å². The van der Waals surface area contributed by atoms with Crippen LogP contribution in [0.4, 0.5) is 0 Å². The molecule has 0 unspecified atom stereocenters. The van der Waals surface area contributed by atoms with E-state index in [-0.39, 0.29) is 20.7 Å². The van der Waals surface area contributed by atoms with Crippen LogP contribution in [-0.2, 0) is 0 Å². The van der Waals surface area contributed by atoms with E-state index >= 15 is 0 Å². The lowest BCUT2D eigenvalue weighted by Crippen LogP contribution is -2.75. The van der Waals surface area contributed by atoms with E-state index in [9.17, 15) is 0 Å². The molecule has 2 nitrogen and oxygen atoms in total. The van der Waals surface area contributed by atoms with Gasteiger partial charge in [0.05, 0.1) is 0 Å². The first-order valence-electron chi connectivity index (χ1n) is 2.83. The van der Waals surface area contributed by atoms with Gasteiger partial charge in [0, 0.05) is 41.5 Å². The molecule has 0 spiro atoms. The SMILES string of the molecule is CC1=NC(C)=IC(C)=[NH+]1. The van der Waals surface area contributed by atoms with E-state index in [0.29, 0.717) is 0 Å². The molecule has 9 heavy (non-hydrogen) atoms. The molecule has 0 atom stereocenters. The summed E-state index contributed by atoms with van der Waals surface area (Å²) < 4.78 is 2.71. The van der Waals surface area contributed by atoms with E-state index in [1.54, 1.807) is 0 Å². The molecule has 3 heteroatoms. The number of rotatable bonds is 0. The summed E-state index contributed by atoms with van der Waals surface area (Å²) in [6, 6.07) is 0. The number of nitrogens with zero attached hydrogens (tertiary/aromatic N) is 1. The summed E-state index contributed by atoms with van der Waals surface area (Å²) in [5.74, 6) is 1.04. The lowest BCUT2D eigenvalue weighted by atomic mass is 10.6. The molecule has 0 aromatic heterocycles. The van der Waals surface area contributed by atoms with Crippen molar-refractivity contribution in [2.75, 3.05) is 0 Å². The van der Waals surface area contributed by atoms with Crippen molar-refractivity contribution < 1.29 is 4.99 Å². The fourth-order valence-electron chi connectivity index (χ4n) is 0.758. The molecule has 0 aromatic rings. The van der Waals surface area contributed by atoms with Gasteiger partial charge < -0.3 is 0 Å². The van der Waals surface area contributed by atoms with Crippen LogP contribution in [0.15, 0.2) is 4.99 Å². The first-order chi connectivity index (χ1) is 4.18. The maximum absolute atomic E-state index is 4.28.